The van der Waals surface area contributed by atoms with E-state index in [0.29, 0.717) is 32.0 Å². The molecule has 1 atom stereocenters. The number of carbonyl (C=O) groups is 2. The molecule has 0 radical (unpaired) electrons. The van der Waals surface area contributed by atoms with Crippen molar-refractivity contribution in [3.8, 4) is 0 Å². The van der Waals surface area contributed by atoms with Gasteiger partial charge in [0.15, 0.2) is 0 Å². The Hall–Kier alpha value is -3.55. The Kier molecular flexibility index (Phi) is 4.34. The van der Waals surface area contributed by atoms with Gasteiger partial charge in [-0.15, -0.1) is 0 Å². The van der Waals surface area contributed by atoms with Crippen molar-refractivity contribution < 1.29 is 9.59 Å². The number of aliphatic imine (C=N–C) groups is 1. The average molecular weight is 402 g/mol. The van der Waals surface area contributed by atoms with Gasteiger partial charge < -0.3 is 14.7 Å². The fraction of sp³-hybridized carbons (Fsp3) is 0.318. The molecule has 0 aliphatic carbocycles. The molecule has 8 nitrogen and oxygen atoms in total. The SMILES string of the molecule is CC1(C(=O)N2CCN(c3cnc4ccccc4n3)CC2)CC(=O)N=C2C=CC=CN21. The van der Waals surface area contributed by atoms with Crippen molar-refractivity contribution in [1.29, 1.82) is 0 Å². The minimum atomic E-state index is -0.958. The number of piperazine rings is 1. The summed E-state index contributed by atoms with van der Waals surface area (Å²) in [4.78, 5) is 44.7. The molecule has 1 aromatic heterocycles. The second kappa shape index (κ2) is 7.05. The highest BCUT2D eigenvalue weighted by atomic mass is 16.2. The lowest BCUT2D eigenvalue weighted by molar-refractivity contribution is -0.144. The Bertz CT molecular complexity index is 1120. The summed E-state index contributed by atoms with van der Waals surface area (Å²) in [6.07, 6.45) is 9.13. The number of amides is 2. The third kappa shape index (κ3) is 3.04. The van der Waals surface area contributed by atoms with Crippen molar-refractivity contribution in [3.05, 3.63) is 54.9 Å². The fourth-order valence-electron chi connectivity index (χ4n) is 4.25. The van der Waals surface area contributed by atoms with Crippen LogP contribution in [0.4, 0.5) is 5.82 Å². The monoisotopic (exact) mass is 402 g/mol. The molecule has 5 rings (SSSR count). The second-order valence-corrected chi connectivity index (χ2v) is 7.88. The first-order chi connectivity index (χ1) is 14.5. The molecule has 8 heteroatoms. The third-order valence-corrected chi connectivity index (χ3v) is 5.89. The second-order valence-electron chi connectivity index (χ2n) is 7.88. The zero-order valence-corrected chi connectivity index (χ0v) is 16.7. The van der Waals surface area contributed by atoms with Gasteiger partial charge in [0, 0.05) is 32.4 Å². The molecule has 1 fully saturated rings. The van der Waals surface area contributed by atoms with Crippen molar-refractivity contribution in [3.63, 3.8) is 0 Å². The van der Waals surface area contributed by atoms with Crippen LogP contribution in [0.5, 0.6) is 0 Å². The first kappa shape index (κ1) is 18.5. The van der Waals surface area contributed by atoms with Gasteiger partial charge in [0.05, 0.1) is 23.7 Å². The molecule has 0 N–H and O–H groups in total. The van der Waals surface area contributed by atoms with Crippen LogP contribution in [-0.2, 0) is 9.59 Å². The number of amidine groups is 1. The van der Waals surface area contributed by atoms with E-state index < -0.39 is 5.54 Å². The molecule has 152 valence electrons. The number of nitrogens with zero attached hydrogens (tertiary/aromatic N) is 6. The summed E-state index contributed by atoms with van der Waals surface area (Å²) in [6.45, 7) is 4.29. The number of rotatable bonds is 2. The maximum absolute atomic E-state index is 13.5. The van der Waals surface area contributed by atoms with Crippen LogP contribution in [0.3, 0.4) is 0 Å². The third-order valence-electron chi connectivity index (χ3n) is 5.89. The van der Waals surface area contributed by atoms with Gasteiger partial charge in [-0.3, -0.25) is 14.6 Å². The number of anilines is 1. The quantitative estimate of drug-likeness (QED) is 0.761. The van der Waals surface area contributed by atoms with Crippen molar-refractivity contribution in [1.82, 2.24) is 19.8 Å². The number of aromatic nitrogens is 2. The lowest BCUT2D eigenvalue weighted by Gasteiger charge is -2.46. The maximum atomic E-state index is 13.5. The summed E-state index contributed by atoms with van der Waals surface area (Å²) in [7, 11) is 0. The Morgan fingerprint density at radius 1 is 1.07 bits per heavy atom. The van der Waals surface area contributed by atoms with Gasteiger partial charge >= 0.3 is 0 Å². The van der Waals surface area contributed by atoms with Crippen LogP contribution in [-0.4, -0.2) is 69.1 Å². The van der Waals surface area contributed by atoms with Gasteiger partial charge in [0.2, 0.25) is 5.91 Å². The van der Waals surface area contributed by atoms with E-state index in [1.54, 1.807) is 12.3 Å². The molecular weight excluding hydrogens is 380 g/mol. The van der Waals surface area contributed by atoms with Gasteiger partial charge in [-0.1, -0.05) is 18.2 Å². The zero-order valence-electron chi connectivity index (χ0n) is 16.7. The first-order valence-electron chi connectivity index (χ1n) is 10.1. The van der Waals surface area contributed by atoms with Crippen LogP contribution in [0.15, 0.2) is 59.9 Å². The van der Waals surface area contributed by atoms with Crippen molar-refractivity contribution in [2.45, 2.75) is 18.9 Å². The molecule has 0 spiro atoms. The van der Waals surface area contributed by atoms with Crippen LogP contribution < -0.4 is 4.90 Å². The van der Waals surface area contributed by atoms with Crippen LogP contribution in [0.25, 0.3) is 11.0 Å². The summed E-state index contributed by atoms with van der Waals surface area (Å²) >= 11 is 0. The summed E-state index contributed by atoms with van der Waals surface area (Å²) < 4.78 is 0. The minimum absolute atomic E-state index is 0.0487. The van der Waals surface area contributed by atoms with E-state index in [9.17, 15) is 9.59 Å². The molecule has 2 amide bonds. The number of hydrogen-bond acceptors (Lipinski definition) is 6. The Morgan fingerprint density at radius 2 is 1.83 bits per heavy atom. The summed E-state index contributed by atoms with van der Waals surface area (Å²) in [5.41, 5.74) is 0.768. The van der Waals surface area contributed by atoms with Gasteiger partial charge in [-0.05, 0) is 31.2 Å². The molecular formula is C22H22N6O2. The van der Waals surface area contributed by atoms with Crippen molar-refractivity contribution >= 4 is 34.5 Å². The summed E-state index contributed by atoms with van der Waals surface area (Å²) in [5.74, 6) is 1.03. The standard InChI is InChI=1S/C22H22N6O2/c1-22(14-20(29)25-18-8-4-5-9-28(18)22)21(30)27-12-10-26(11-13-27)19-15-23-16-6-2-3-7-17(16)24-19/h2-9,15H,10-14H2,1H3. The zero-order chi connectivity index (χ0) is 20.7. The van der Waals surface area contributed by atoms with E-state index in [0.717, 1.165) is 16.9 Å². The lowest BCUT2D eigenvalue weighted by atomic mass is 9.90. The Balaban J connectivity index is 1.32. The lowest BCUT2D eigenvalue weighted by Crippen LogP contribution is -2.63. The number of para-hydroxylation sites is 2. The molecule has 0 saturated carbocycles. The van der Waals surface area contributed by atoms with E-state index >= 15 is 0 Å². The fourth-order valence-corrected chi connectivity index (χ4v) is 4.25. The maximum Gasteiger partial charge on any atom is 0.250 e. The average Bonchev–Trinajstić information content (AvgIpc) is 2.78. The first-order valence-corrected chi connectivity index (χ1v) is 10.1. The molecule has 30 heavy (non-hydrogen) atoms. The number of benzene rings is 1. The van der Waals surface area contributed by atoms with Gasteiger partial charge in [0.25, 0.3) is 5.91 Å². The van der Waals surface area contributed by atoms with Gasteiger partial charge in [0.1, 0.15) is 17.2 Å². The van der Waals surface area contributed by atoms with E-state index in [1.807, 2.05) is 59.3 Å². The minimum Gasteiger partial charge on any atom is -0.352 e. The summed E-state index contributed by atoms with van der Waals surface area (Å²) in [6, 6.07) is 7.79. The van der Waals surface area contributed by atoms with Crippen LogP contribution in [0.1, 0.15) is 13.3 Å². The number of allylic oxidation sites excluding steroid dienone is 2. The molecule has 2 aromatic rings. The highest BCUT2D eigenvalue weighted by Gasteiger charge is 2.47. The van der Waals surface area contributed by atoms with E-state index in [1.165, 1.54) is 0 Å². The highest BCUT2D eigenvalue weighted by molar-refractivity contribution is 6.09. The van der Waals surface area contributed by atoms with Crippen LogP contribution in [0, 0.1) is 0 Å². The van der Waals surface area contributed by atoms with E-state index in [2.05, 4.69) is 14.9 Å². The van der Waals surface area contributed by atoms with Gasteiger partial charge in [-0.25, -0.2) is 4.98 Å². The smallest absolute Gasteiger partial charge is 0.250 e. The summed E-state index contributed by atoms with van der Waals surface area (Å²) in [5, 5.41) is 0. The normalized spacial score (nSPS) is 23.6. The Labute approximate surface area is 174 Å². The number of fused-ring (bicyclic) bond motifs is 2. The molecule has 1 saturated heterocycles. The predicted molar refractivity (Wildman–Crippen MR) is 114 cm³/mol. The van der Waals surface area contributed by atoms with Crippen molar-refractivity contribution in [2.75, 3.05) is 31.1 Å². The molecule has 4 heterocycles. The van der Waals surface area contributed by atoms with Crippen LogP contribution >= 0.6 is 0 Å². The number of hydrogen-bond donors (Lipinski definition) is 0. The predicted octanol–water partition coefficient (Wildman–Crippen LogP) is 1.75. The largest absolute Gasteiger partial charge is 0.352 e. The molecule has 3 aliphatic rings. The molecule has 1 aromatic carbocycles. The highest BCUT2D eigenvalue weighted by Crippen LogP contribution is 2.30. The van der Waals surface area contributed by atoms with Crippen LogP contribution in [0.2, 0.25) is 0 Å². The number of carbonyl (C=O) groups excluding carboxylic acids is 2. The molecule has 0 bridgehead atoms. The van der Waals surface area contributed by atoms with E-state index in [4.69, 9.17) is 4.98 Å². The molecule has 3 aliphatic heterocycles. The topological polar surface area (TPSA) is 82.0 Å². The molecule has 1 unspecified atom stereocenters. The van der Waals surface area contributed by atoms with E-state index in [-0.39, 0.29) is 18.2 Å². The van der Waals surface area contributed by atoms with Crippen molar-refractivity contribution in [2.24, 2.45) is 4.99 Å². The van der Waals surface area contributed by atoms with Gasteiger partial charge in [-0.2, -0.15) is 4.99 Å². The Morgan fingerprint density at radius 3 is 2.63 bits per heavy atom.